The molecule has 19 heavy (non-hydrogen) atoms. The van der Waals surface area contributed by atoms with E-state index in [1.54, 1.807) is 14.0 Å². The summed E-state index contributed by atoms with van der Waals surface area (Å²) in [6.07, 6.45) is 2.02. The van der Waals surface area contributed by atoms with Crippen molar-refractivity contribution >= 4 is 23.3 Å². The van der Waals surface area contributed by atoms with Crippen LogP contribution in [0.15, 0.2) is 12.1 Å². The topological polar surface area (TPSA) is 29.9 Å². The van der Waals surface area contributed by atoms with Crippen LogP contribution in [0.1, 0.15) is 31.4 Å². The number of aromatic amines is 1. The largest absolute Gasteiger partial charge is 0.383 e. The van der Waals surface area contributed by atoms with E-state index in [1.165, 1.54) is 6.07 Å². The highest BCUT2D eigenvalue weighted by molar-refractivity contribution is 7.71. The fourth-order valence-corrected chi connectivity index (χ4v) is 2.78. The molecule has 0 saturated carbocycles. The number of H-pyrrole nitrogens is 1. The highest BCUT2D eigenvalue weighted by atomic mass is 32.1. The van der Waals surface area contributed by atoms with Crippen molar-refractivity contribution in [2.75, 3.05) is 13.7 Å². The molecule has 0 fully saturated rings. The standard InChI is InChI=1S/C14H19FN2OS/c1-4-5-10(8-18-3)17-13-6-9(2)11(15)7-12(13)16-14(17)19/h6-7,10H,4-5,8H2,1-3H3,(H,16,19). The van der Waals surface area contributed by atoms with E-state index in [9.17, 15) is 4.39 Å². The average Bonchev–Trinajstić information content (AvgIpc) is 2.65. The predicted octanol–water partition coefficient (Wildman–Crippen LogP) is 4.13. The number of rotatable bonds is 5. The van der Waals surface area contributed by atoms with E-state index in [2.05, 4.69) is 11.9 Å². The van der Waals surface area contributed by atoms with Crippen LogP contribution in [0, 0.1) is 17.5 Å². The molecule has 0 spiro atoms. The molecule has 0 aliphatic rings. The molecule has 3 nitrogen and oxygen atoms in total. The molecule has 0 bridgehead atoms. The molecule has 1 aromatic carbocycles. The summed E-state index contributed by atoms with van der Waals surface area (Å²) in [5.41, 5.74) is 2.31. The van der Waals surface area contributed by atoms with Crippen molar-refractivity contribution in [3.63, 3.8) is 0 Å². The second kappa shape index (κ2) is 5.84. The van der Waals surface area contributed by atoms with Crippen molar-refractivity contribution < 1.29 is 9.13 Å². The Morgan fingerprint density at radius 3 is 2.84 bits per heavy atom. The Hall–Kier alpha value is -1.20. The molecule has 0 saturated heterocycles. The summed E-state index contributed by atoms with van der Waals surface area (Å²) in [4.78, 5) is 3.07. The number of ether oxygens (including phenoxy) is 1. The van der Waals surface area contributed by atoms with E-state index in [1.807, 2.05) is 10.6 Å². The molecule has 5 heteroatoms. The van der Waals surface area contributed by atoms with Crippen molar-refractivity contribution in [1.82, 2.24) is 9.55 Å². The molecule has 0 radical (unpaired) electrons. The highest BCUT2D eigenvalue weighted by Crippen LogP contribution is 2.25. The number of hydrogen-bond donors (Lipinski definition) is 1. The number of benzene rings is 1. The summed E-state index contributed by atoms with van der Waals surface area (Å²) >= 11 is 5.37. The van der Waals surface area contributed by atoms with Crippen LogP contribution in [0.4, 0.5) is 4.39 Å². The number of imidazole rings is 1. The van der Waals surface area contributed by atoms with Gasteiger partial charge in [0.05, 0.1) is 23.7 Å². The van der Waals surface area contributed by atoms with Gasteiger partial charge in [0.15, 0.2) is 4.77 Å². The van der Waals surface area contributed by atoms with Crippen LogP contribution >= 0.6 is 12.2 Å². The Labute approximate surface area is 117 Å². The lowest BCUT2D eigenvalue weighted by molar-refractivity contribution is 0.151. The quantitative estimate of drug-likeness (QED) is 0.836. The van der Waals surface area contributed by atoms with Gasteiger partial charge in [0, 0.05) is 7.11 Å². The van der Waals surface area contributed by atoms with Crippen LogP contribution in [0.5, 0.6) is 0 Å². The maximum absolute atomic E-state index is 13.6. The van der Waals surface area contributed by atoms with Gasteiger partial charge in [-0.15, -0.1) is 0 Å². The van der Waals surface area contributed by atoms with Crippen LogP contribution in [0.25, 0.3) is 11.0 Å². The zero-order valence-electron chi connectivity index (χ0n) is 11.5. The molecule has 1 unspecified atom stereocenters. The Bertz CT molecular complexity index is 626. The van der Waals surface area contributed by atoms with Crippen LogP contribution in [0.3, 0.4) is 0 Å². The van der Waals surface area contributed by atoms with Gasteiger partial charge < -0.3 is 14.3 Å². The molecule has 0 amide bonds. The summed E-state index contributed by atoms with van der Waals surface area (Å²) in [7, 11) is 1.69. The van der Waals surface area contributed by atoms with Crippen molar-refractivity contribution in [2.45, 2.75) is 32.7 Å². The molecule has 0 aliphatic heterocycles. The van der Waals surface area contributed by atoms with Crippen molar-refractivity contribution in [3.8, 4) is 0 Å². The van der Waals surface area contributed by atoms with E-state index in [0.717, 1.165) is 23.9 Å². The fourth-order valence-electron chi connectivity index (χ4n) is 2.43. The third-order valence-electron chi connectivity index (χ3n) is 3.34. The van der Waals surface area contributed by atoms with E-state index >= 15 is 0 Å². The molecule has 1 atom stereocenters. The lowest BCUT2D eigenvalue weighted by atomic mass is 10.1. The number of aryl methyl sites for hydroxylation is 1. The summed E-state index contributed by atoms with van der Waals surface area (Å²) in [5, 5.41) is 0. The van der Waals surface area contributed by atoms with Gasteiger partial charge >= 0.3 is 0 Å². The fraction of sp³-hybridized carbons (Fsp3) is 0.500. The van der Waals surface area contributed by atoms with Crippen LogP contribution in [-0.4, -0.2) is 23.3 Å². The molecule has 2 rings (SSSR count). The first-order chi connectivity index (χ1) is 9.08. The first kappa shape index (κ1) is 14.2. The molecule has 1 N–H and O–H groups in total. The molecule has 1 heterocycles. The molecule has 1 aromatic heterocycles. The summed E-state index contributed by atoms with van der Waals surface area (Å²) in [6.45, 7) is 4.50. The SMILES string of the molecule is CCCC(COC)n1c(=S)[nH]c2cc(F)c(C)cc21. The van der Waals surface area contributed by atoms with Gasteiger partial charge in [0.25, 0.3) is 0 Å². The second-order valence-electron chi connectivity index (χ2n) is 4.82. The second-order valence-corrected chi connectivity index (χ2v) is 5.20. The number of methoxy groups -OCH3 is 1. The molecule has 104 valence electrons. The highest BCUT2D eigenvalue weighted by Gasteiger charge is 2.16. The van der Waals surface area contributed by atoms with Gasteiger partial charge in [0.2, 0.25) is 0 Å². The summed E-state index contributed by atoms with van der Waals surface area (Å²) in [5.74, 6) is -0.213. The Balaban J connectivity index is 2.60. The van der Waals surface area contributed by atoms with Crippen LogP contribution < -0.4 is 0 Å². The minimum absolute atomic E-state index is 0.182. The molecule has 2 aromatic rings. The van der Waals surface area contributed by atoms with Crippen molar-refractivity contribution in [3.05, 3.63) is 28.3 Å². The molecular weight excluding hydrogens is 263 g/mol. The average molecular weight is 282 g/mol. The third kappa shape index (κ3) is 2.72. The lowest BCUT2D eigenvalue weighted by Gasteiger charge is -2.18. The van der Waals surface area contributed by atoms with E-state index in [0.29, 0.717) is 16.9 Å². The monoisotopic (exact) mass is 282 g/mol. The molecule has 0 aliphatic carbocycles. The third-order valence-corrected chi connectivity index (χ3v) is 3.64. The summed E-state index contributed by atoms with van der Waals surface area (Å²) < 4.78 is 21.5. The predicted molar refractivity (Wildman–Crippen MR) is 77.6 cm³/mol. The van der Waals surface area contributed by atoms with Crippen molar-refractivity contribution in [1.29, 1.82) is 0 Å². The normalized spacial score (nSPS) is 13.1. The number of nitrogens with one attached hydrogen (secondary N) is 1. The van der Waals surface area contributed by atoms with E-state index in [-0.39, 0.29) is 11.9 Å². The first-order valence-corrected chi connectivity index (χ1v) is 6.88. The molecular formula is C14H19FN2OS. The van der Waals surface area contributed by atoms with Crippen LogP contribution in [0.2, 0.25) is 0 Å². The van der Waals surface area contributed by atoms with Gasteiger partial charge in [-0.3, -0.25) is 0 Å². The van der Waals surface area contributed by atoms with Gasteiger partial charge in [-0.25, -0.2) is 4.39 Å². The maximum atomic E-state index is 13.6. The van der Waals surface area contributed by atoms with Gasteiger partial charge in [-0.05, 0) is 43.3 Å². The van der Waals surface area contributed by atoms with Crippen LogP contribution in [-0.2, 0) is 4.74 Å². The number of aromatic nitrogens is 2. The van der Waals surface area contributed by atoms with E-state index < -0.39 is 0 Å². The van der Waals surface area contributed by atoms with Gasteiger partial charge in [-0.1, -0.05) is 13.3 Å². The zero-order valence-corrected chi connectivity index (χ0v) is 12.3. The minimum atomic E-state index is -0.213. The number of fused-ring (bicyclic) bond motifs is 1. The zero-order chi connectivity index (χ0) is 14.0. The Kier molecular flexibility index (Phi) is 4.37. The number of hydrogen-bond acceptors (Lipinski definition) is 2. The van der Waals surface area contributed by atoms with Gasteiger partial charge in [0.1, 0.15) is 5.82 Å². The smallest absolute Gasteiger partial charge is 0.178 e. The van der Waals surface area contributed by atoms with Crippen molar-refractivity contribution in [2.24, 2.45) is 0 Å². The minimum Gasteiger partial charge on any atom is -0.383 e. The Morgan fingerprint density at radius 1 is 1.47 bits per heavy atom. The number of halogens is 1. The maximum Gasteiger partial charge on any atom is 0.178 e. The Morgan fingerprint density at radius 2 is 2.21 bits per heavy atom. The van der Waals surface area contributed by atoms with Gasteiger partial charge in [-0.2, -0.15) is 0 Å². The number of nitrogens with zero attached hydrogens (tertiary/aromatic N) is 1. The lowest BCUT2D eigenvalue weighted by Crippen LogP contribution is -2.14. The summed E-state index contributed by atoms with van der Waals surface area (Å²) in [6, 6.07) is 3.53. The van der Waals surface area contributed by atoms with E-state index in [4.69, 9.17) is 17.0 Å². The first-order valence-electron chi connectivity index (χ1n) is 6.47.